The van der Waals surface area contributed by atoms with Crippen molar-refractivity contribution in [1.82, 2.24) is 14.9 Å². The van der Waals surface area contributed by atoms with Gasteiger partial charge < -0.3 is 9.88 Å². The monoisotopic (exact) mass is 474 g/mol. The summed E-state index contributed by atoms with van der Waals surface area (Å²) >= 11 is 0. The number of hydrogen-bond donors (Lipinski definition) is 2. The molecule has 0 saturated carbocycles. The van der Waals surface area contributed by atoms with E-state index < -0.39 is 10.0 Å². The maximum atomic E-state index is 13.1. The average molecular weight is 475 g/mol. The number of amides is 1. The second-order valence-electron chi connectivity index (χ2n) is 8.28. The van der Waals surface area contributed by atoms with Crippen LogP contribution in [0.5, 0.6) is 0 Å². The van der Waals surface area contributed by atoms with Gasteiger partial charge in [-0.25, -0.2) is 13.4 Å². The van der Waals surface area contributed by atoms with Gasteiger partial charge in [0, 0.05) is 35.9 Å². The molecule has 0 aliphatic heterocycles. The third-order valence-corrected chi connectivity index (χ3v) is 6.93. The summed E-state index contributed by atoms with van der Waals surface area (Å²) in [6, 6.07) is 17.9. The minimum Gasteiger partial charge on any atom is -0.348 e. The molecule has 1 amide bonds. The molecule has 2 N–H and O–H groups in total. The summed E-state index contributed by atoms with van der Waals surface area (Å²) in [6.07, 6.45) is 5.28. The van der Waals surface area contributed by atoms with Crippen molar-refractivity contribution in [2.24, 2.45) is 0 Å². The Labute approximate surface area is 199 Å². The standard InChI is InChI=1S/C26H26N4O3S/c1-18-12-19(2)14-23(13-18)29-34(32,33)25-15-22(7-4-20(25)3)26(31)28-16-21-5-8-24(9-6-21)30-11-10-27-17-30/h4-15,17,29H,16H2,1-3H3,(H,28,31). The van der Waals surface area contributed by atoms with Crippen molar-refractivity contribution in [2.45, 2.75) is 32.2 Å². The highest BCUT2D eigenvalue weighted by molar-refractivity contribution is 7.92. The van der Waals surface area contributed by atoms with Crippen LogP contribution in [-0.4, -0.2) is 23.9 Å². The number of nitrogens with one attached hydrogen (secondary N) is 2. The second-order valence-corrected chi connectivity index (χ2v) is 9.93. The molecule has 0 aliphatic rings. The molecule has 1 aromatic heterocycles. The molecule has 0 saturated heterocycles. The highest BCUT2D eigenvalue weighted by Crippen LogP contribution is 2.22. The van der Waals surface area contributed by atoms with Crippen molar-refractivity contribution in [3.8, 4) is 5.69 Å². The van der Waals surface area contributed by atoms with Crippen molar-refractivity contribution in [3.63, 3.8) is 0 Å². The Hall–Kier alpha value is -3.91. The number of imidazole rings is 1. The molecule has 0 fully saturated rings. The number of carbonyl (C=O) groups excluding carboxylic acids is 1. The zero-order valence-electron chi connectivity index (χ0n) is 19.2. The van der Waals surface area contributed by atoms with E-state index in [1.165, 1.54) is 6.07 Å². The normalized spacial score (nSPS) is 11.3. The van der Waals surface area contributed by atoms with Crippen molar-refractivity contribution >= 4 is 21.6 Å². The molecule has 34 heavy (non-hydrogen) atoms. The zero-order valence-corrected chi connectivity index (χ0v) is 20.1. The Balaban J connectivity index is 1.48. The predicted molar refractivity (Wildman–Crippen MR) is 133 cm³/mol. The van der Waals surface area contributed by atoms with Crippen molar-refractivity contribution in [3.05, 3.63) is 107 Å². The largest absolute Gasteiger partial charge is 0.348 e. The number of benzene rings is 3. The highest BCUT2D eigenvalue weighted by atomic mass is 32.2. The molecule has 3 aromatic carbocycles. The lowest BCUT2D eigenvalue weighted by Crippen LogP contribution is -2.23. The first-order valence-electron chi connectivity index (χ1n) is 10.8. The van der Waals surface area contributed by atoms with E-state index in [4.69, 9.17) is 0 Å². The average Bonchev–Trinajstić information content (AvgIpc) is 3.32. The van der Waals surface area contributed by atoms with Crippen molar-refractivity contribution < 1.29 is 13.2 Å². The van der Waals surface area contributed by atoms with E-state index in [9.17, 15) is 13.2 Å². The summed E-state index contributed by atoms with van der Waals surface area (Å²) in [5.41, 5.74) is 5.14. The van der Waals surface area contributed by atoms with Crippen LogP contribution in [0.15, 0.2) is 84.3 Å². The van der Waals surface area contributed by atoms with Crippen LogP contribution >= 0.6 is 0 Å². The maximum absolute atomic E-state index is 13.1. The van der Waals surface area contributed by atoms with Gasteiger partial charge in [0.15, 0.2) is 0 Å². The van der Waals surface area contributed by atoms with Gasteiger partial charge in [0.05, 0.1) is 11.2 Å². The summed E-state index contributed by atoms with van der Waals surface area (Å²) in [7, 11) is -3.86. The SMILES string of the molecule is Cc1cc(C)cc(NS(=O)(=O)c2cc(C(=O)NCc3ccc(-n4ccnc4)cc3)ccc2C)c1. The molecule has 0 aliphatic carbocycles. The van der Waals surface area contributed by atoms with Gasteiger partial charge in [0.25, 0.3) is 15.9 Å². The fourth-order valence-corrected chi connectivity index (χ4v) is 5.07. The Bertz CT molecular complexity index is 1410. The molecule has 0 spiro atoms. The smallest absolute Gasteiger partial charge is 0.262 e. The lowest BCUT2D eigenvalue weighted by molar-refractivity contribution is 0.0950. The van der Waals surface area contributed by atoms with Gasteiger partial charge in [-0.3, -0.25) is 9.52 Å². The first-order chi connectivity index (χ1) is 16.2. The van der Waals surface area contributed by atoms with E-state index in [1.54, 1.807) is 43.7 Å². The molecule has 4 rings (SSSR count). The summed E-state index contributed by atoms with van der Waals surface area (Å²) in [6.45, 7) is 5.85. The summed E-state index contributed by atoms with van der Waals surface area (Å²) < 4.78 is 30.7. The van der Waals surface area contributed by atoms with Crippen LogP contribution in [0.1, 0.15) is 32.6 Å². The molecule has 0 bridgehead atoms. The third kappa shape index (κ3) is 5.35. The molecule has 174 valence electrons. The number of nitrogens with zero attached hydrogens (tertiary/aromatic N) is 2. The van der Waals surface area contributed by atoms with Gasteiger partial charge in [0.1, 0.15) is 0 Å². The molecule has 0 unspecified atom stereocenters. The quantitative estimate of drug-likeness (QED) is 0.412. The molecule has 8 heteroatoms. The lowest BCUT2D eigenvalue weighted by Gasteiger charge is -2.13. The number of hydrogen-bond acceptors (Lipinski definition) is 4. The second kappa shape index (κ2) is 9.52. The first-order valence-corrected chi connectivity index (χ1v) is 12.3. The van der Waals surface area contributed by atoms with E-state index in [2.05, 4.69) is 15.0 Å². The number of anilines is 1. The number of aromatic nitrogens is 2. The molecule has 4 aromatic rings. The molecular weight excluding hydrogens is 448 g/mol. The summed E-state index contributed by atoms with van der Waals surface area (Å²) in [5, 5.41) is 2.86. The fraction of sp³-hybridized carbons (Fsp3) is 0.154. The van der Waals surface area contributed by atoms with E-state index in [1.807, 2.05) is 54.9 Å². The zero-order chi connectivity index (χ0) is 24.3. The number of rotatable bonds is 7. The van der Waals surface area contributed by atoms with E-state index in [-0.39, 0.29) is 16.4 Å². The topological polar surface area (TPSA) is 93.1 Å². The van der Waals surface area contributed by atoms with Crippen LogP contribution in [0.4, 0.5) is 5.69 Å². The van der Waals surface area contributed by atoms with Crippen molar-refractivity contribution in [2.75, 3.05) is 4.72 Å². The number of carbonyl (C=O) groups is 1. The third-order valence-electron chi connectivity index (χ3n) is 5.41. The van der Waals surface area contributed by atoms with Crippen LogP contribution in [-0.2, 0) is 16.6 Å². The Kier molecular flexibility index (Phi) is 6.51. The molecular formula is C26H26N4O3S. The van der Waals surface area contributed by atoms with Gasteiger partial charge in [-0.15, -0.1) is 0 Å². The molecule has 1 heterocycles. The molecule has 0 radical (unpaired) electrons. The van der Waals surface area contributed by atoms with Gasteiger partial charge in [0.2, 0.25) is 0 Å². The number of sulfonamides is 1. The fourth-order valence-electron chi connectivity index (χ4n) is 3.76. The number of aryl methyl sites for hydroxylation is 3. The Morgan fingerprint density at radius 2 is 1.65 bits per heavy atom. The Morgan fingerprint density at radius 1 is 0.941 bits per heavy atom. The van der Waals surface area contributed by atoms with Gasteiger partial charge in [-0.1, -0.05) is 24.3 Å². The summed E-state index contributed by atoms with van der Waals surface area (Å²) in [4.78, 5) is 16.9. The molecule has 7 nitrogen and oxygen atoms in total. The maximum Gasteiger partial charge on any atom is 0.262 e. The first kappa shape index (κ1) is 23.3. The minimum atomic E-state index is -3.86. The summed E-state index contributed by atoms with van der Waals surface area (Å²) in [5.74, 6) is -0.346. The lowest BCUT2D eigenvalue weighted by atomic mass is 10.1. The van der Waals surface area contributed by atoms with Crippen LogP contribution in [0.2, 0.25) is 0 Å². The van der Waals surface area contributed by atoms with E-state index in [0.29, 0.717) is 17.8 Å². The van der Waals surface area contributed by atoms with Crippen LogP contribution < -0.4 is 10.0 Å². The van der Waals surface area contributed by atoms with Gasteiger partial charge in [-0.2, -0.15) is 0 Å². The van der Waals surface area contributed by atoms with Gasteiger partial charge >= 0.3 is 0 Å². The van der Waals surface area contributed by atoms with E-state index in [0.717, 1.165) is 22.4 Å². The Morgan fingerprint density at radius 3 is 2.29 bits per heavy atom. The van der Waals surface area contributed by atoms with Crippen LogP contribution in [0, 0.1) is 20.8 Å². The minimum absolute atomic E-state index is 0.0731. The van der Waals surface area contributed by atoms with Gasteiger partial charge in [-0.05, 0) is 79.4 Å². The van der Waals surface area contributed by atoms with Crippen LogP contribution in [0.3, 0.4) is 0 Å². The predicted octanol–water partition coefficient (Wildman–Crippen LogP) is 4.53. The highest BCUT2D eigenvalue weighted by Gasteiger charge is 2.19. The molecule has 0 atom stereocenters. The van der Waals surface area contributed by atoms with Crippen molar-refractivity contribution in [1.29, 1.82) is 0 Å². The van der Waals surface area contributed by atoms with E-state index >= 15 is 0 Å². The van der Waals surface area contributed by atoms with Crippen LogP contribution in [0.25, 0.3) is 5.69 Å².